The number of aromatic nitrogens is 2. The van der Waals surface area contributed by atoms with Gasteiger partial charge in [-0.05, 0) is 27.8 Å². The normalized spacial score (nSPS) is 22.1. The molecule has 1 aromatic heterocycles. The first-order valence-electron chi connectivity index (χ1n) is 5.23. The topological polar surface area (TPSA) is 55.0 Å². The summed E-state index contributed by atoms with van der Waals surface area (Å²) in [6.45, 7) is 4.70. The number of hydrogen-bond acceptors (Lipinski definition) is 3. The van der Waals surface area contributed by atoms with E-state index >= 15 is 0 Å². The zero-order chi connectivity index (χ0) is 11.9. The molecule has 1 N–H and O–H groups in total. The van der Waals surface area contributed by atoms with Gasteiger partial charge >= 0.3 is 0 Å². The first kappa shape index (κ1) is 11.8. The first-order chi connectivity index (χ1) is 7.45. The molecule has 1 heterocycles. The van der Waals surface area contributed by atoms with Gasteiger partial charge in [0.05, 0.1) is 12.3 Å². The third-order valence-corrected chi connectivity index (χ3v) is 3.89. The largest absolute Gasteiger partial charge is 0.378 e. The van der Waals surface area contributed by atoms with Crippen LogP contribution in [0.15, 0.2) is 9.27 Å². The quantitative estimate of drug-likeness (QED) is 0.927. The minimum atomic E-state index is -0.125. The molecule has 1 atom stereocenters. The fourth-order valence-corrected chi connectivity index (χ4v) is 2.16. The number of hydrogen-bond donors (Lipinski definition) is 1. The molecule has 0 amide bonds. The molecule has 88 valence electrons. The number of H-pyrrole nitrogens is 1. The van der Waals surface area contributed by atoms with Gasteiger partial charge in [0.25, 0.3) is 5.56 Å². The van der Waals surface area contributed by atoms with E-state index in [2.05, 4.69) is 39.7 Å². The van der Waals surface area contributed by atoms with Gasteiger partial charge in [-0.15, -0.1) is 0 Å². The number of ether oxygens (including phenoxy) is 1. The SMILES string of the molecule is COCc1nc(C2CC2(C)C)[nH]c(=O)c1Br. The lowest BCUT2D eigenvalue weighted by atomic mass is 10.1. The Hall–Kier alpha value is -0.680. The molecule has 1 aliphatic carbocycles. The highest BCUT2D eigenvalue weighted by atomic mass is 79.9. The molecule has 0 saturated heterocycles. The number of halogens is 1. The zero-order valence-corrected chi connectivity index (χ0v) is 11.2. The Morgan fingerprint density at radius 3 is 2.75 bits per heavy atom. The maximum atomic E-state index is 11.7. The van der Waals surface area contributed by atoms with Crippen molar-refractivity contribution < 1.29 is 4.74 Å². The van der Waals surface area contributed by atoms with E-state index in [1.54, 1.807) is 7.11 Å². The second kappa shape index (κ2) is 3.96. The standard InChI is InChI=1S/C11H15BrN2O2/c1-11(2)4-6(11)9-13-7(5-16-3)8(12)10(15)14-9/h6H,4-5H2,1-3H3,(H,13,14,15). The van der Waals surface area contributed by atoms with E-state index in [0.29, 0.717) is 22.7 Å². The molecule has 0 bridgehead atoms. The summed E-state index contributed by atoms with van der Waals surface area (Å²) in [7, 11) is 1.59. The third-order valence-electron chi connectivity index (χ3n) is 3.07. The molecule has 0 aliphatic heterocycles. The Kier molecular flexibility index (Phi) is 2.92. The van der Waals surface area contributed by atoms with Gasteiger partial charge in [-0.2, -0.15) is 0 Å². The van der Waals surface area contributed by atoms with Crippen molar-refractivity contribution in [3.63, 3.8) is 0 Å². The lowest BCUT2D eigenvalue weighted by Gasteiger charge is -2.07. The van der Waals surface area contributed by atoms with E-state index in [9.17, 15) is 4.79 Å². The first-order valence-corrected chi connectivity index (χ1v) is 6.02. The third kappa shape index (κ3) is 2.06. The summed E-state index contributed by atoms with van der Waals surface area (Å²) in [6.07, 6.45) is 1.07. The van der Waals surface area contributed by atoms with Crippen LogP contribution in [0.5, 0.6) is 0 Å². The molecule has 1 saturated carbocycles. The molecule has 0 aromatic carbocycles. The monoisotopic (exact) mass is 286 g/mol. The second-order valence-electron chi connectivity index (χ2n) is 4.89. The predicted molar refractivity (Wildman–Crippen MR) is 64.4 cm³/mol. The number of aromatic amines is 1. The molecule has 1 aliphatic rings. The molecule has 0 spiro atoms. The van der Waals surface area contributed by atoms with Gasteiger partial charge in [-0.1, -0.05) is 13.8 Å². The Bertz CT molecular complexity index is 468. The molecule has 2 rings (SSSR count). The lowest BCUT2D eigenvalue weighted by Crippen LogP contribution is -2.16. The summed E-state index contributed by atoms with van der Waals surface area (Å²) in [4.78, 5) is 19.0. The summed E-state index contributed by atoms with van der Waals surface area (Å²) in [6, 6.07) is 0. The second-order valence-corrected chi connectivity index (χ2v) is 5.68. The van der Waals surface area contributed by atoms with E-state index < -0.39 is 0 Å². The minimum Gasteiger partial charge on any atom is -0.378 e. The molecule has 4 nitrogen and oxygen atoms in total. The summed E-state index contributed by atoms with van der Waals surface area (Å²) < 4.78 is 5.49. The van der Waals surface area contributed by atoms with Crippen LogP contribution in [-0.2, 0) is 11.3 Å². The van der Waals surface area contributed by atoms with E-state index in [4.69, 9.17) is 4.74 Å². The zero-order valence-electron chi connectivity index (χ0n) is 9.63. The predicted octanol–water partition coefficient (Wildman–Crippen LogP) is 2.19. The highest BCUT2D eigenvalue weighted by Gasteiger charge is 2.48. The van der Waals surface area contributed by atoms with Gasteiger partial charge in [0.1, 0.15) is 10.3 Å². The smallest absolute Gasteiger partial charge is 0.265 e. The fraction of sp³-hybridized carbons (Fsp3) is 0.636. The number of methoxy groups -OCH3 is 1. The maximum Gasteiger partial charge on any atom is 0.265 e. The van der Waals surface area contributed by atoms with Crippen molar-refractivity contribution in [3.05, 3.63) is 26.3 Å². The highest BCUT2D eigenvalue weighted by molar-refractivity contribution is 9.10. The van der Waals surface area contributed by atoms with Crippen LogP contribution in [0.4, 0.5) is 0 Å². The van der Waals surface area contributed by atoms with Crippen molar-refractivity contribution in [1.82, 2.24) is 9.97 Å². The number of nitrogens with one attached hydrogen (secondary N) is 1. The molecule has 16 heavy (non-hydrogen) atoms. The summed E-state index contributed by atoms with van der Waals surface area (Å²) in [5.74, 6) is 1.15. The van der Waals surface area contributed by atoms with Crippen molar-refractivity contribution in [3.8, 4) is 0 Å². The summed E-state index contributed by atoms with van der Waals surface area (Å²) in [5, 5.41) is 0. The van der Waals surface area contributed by atoms with Crippen LogP contribution in [0.25, 0.3) is 0 Å². The van der Waals surface area contributed by atoms with E-state index in [0.717, 1.165) is 12.2 Å². The van der Waals surface area contributed by atoms with E-state index in [-0.39, 0.29) is 11.0 Å². The number of rotatable bonds is 3. The van der Waals surface area contributed by atoms with Gasteiger partial charge < -0.3 is 9.72 Å². The number of nitrogens with zero attached hydrogens (tertiary/aromatic N) is 1. The average Bonchev–Trinajstić information content (AvgIpc) is 2.83. The maximum absolute atomic E-state index is 11.7. The van der Waals surface area contributed by atoms with Crippen molar-refractivity contribution in [1.29, 1.82) is 0 Å². The van der Waals surface area contributed by atoms with E-state index in [1.165, 1.54) is 0 Å². The van der Waals surface area contributed by atoms with Crippen LogP contribution < -0.4 is 5.56 Å². The molecule has 5 heteroatoms. The van der Waals surface area contributed by atoms with Gasteiger partial charge in [-0.25, -0.2) is 4.98 Å². The average molecular weight is 287 g/mol. The summed E-state index contributed by atoms with van der Waals surface area (Å²) >= 11 is 3.23. The van der Waals surface area contributed by atoms with Crippen molar-refractivity contribution in [2.24, 2.45) is 5.41 Å². The Balaban J connectivity index is 2.38. The van der Waals surface area contributed by atoms with Crippen LogP contribution in [0.1, 0.15) is 37.7 Å². The van der Waals surface area contributed by atoms with Crippen LogP contribution in [-0.4, -0.2) is 17.1 Å². The van der Waals surface area contributed by atoms with Gasteiger partial charge in [0.15, 0.2) is 0 Å². The van der Waals surface area contributed by atoms with E-state index in [1.807, 2.05) is 0 Å². The Morgan fingerprint density at radius 1 is 1.62 bits per heavy atom. The minimum absolute atomic E-state index is 0.125. The van der Waals surface area contributed by atoms with Crippen molar-refractivity contribution in [2.45, 2.75) is 32.8 Å². The van der Waals surface area contributed by atoms with Gasteiger partial charge in [0.2, 0.25) is 0 Å². The van der Waals surface area contributed by atoms with Gasteiger partial charge in [-0.3, -0.25) is 4.79 Å². The van der Waals surface area contributed by atoms with Crippen molar-refractivity contribution >= 4 is 15.9 Å². The molecule has 0 radical (unpaired) electrons. The van der Waals surface area contributed by atoms with Crippen LogP contribution in [0, 0.1) is 5.41 Å². The molecule has 1 fully saturated rings. The Labute approximate surface area is 103 Å². The fourth-order valence-electron chi connectivity index (χ4n) is 1.86. The lowest BCUT2D eigenvalue weighted by molar-refractivity contribution is 0.180. The molecule has 1 unspecified atom stereocenters. The summed E-state index contributed by atoms with van der Waals surface area (Å²) in [5.41, 5.74) is 0.803. The van der Waals surface area contributed by atoms with Gasteiger partial charge in [0, 0.05) is 13.0 Å². The van der Waals surface area contributed by atoms with Crippen LogP contribution >= 0.6 is 15.9 Å². The van der Waals surface area contributed by atoms with Crippen LogP contribution in [0.2, 0.25) is 0 Å². The molecule has 1 aromatic rings. The van der Waals surface area contributed by atoms with Crippen LogP contribution in [0.3, 0.4) is 0 Å². The Morgan fingerprint density at radius 2 is 2.25 bits per heavy atom. The highest BCUT2D eigenvalue weighted by Crippen LogP contribution is 2.57. The van der Waals surface area contributed by atoms with Crippen molar-refractivity contribution in [2.75, 3.05) is 7.11 Å². The molecular formula is C11H15BrN2O2. The molecular weight excluding hydrogens is 272 g/mol.